The van der Waals surface area contributed by atoms with E-state index in [9.17, 15) is 19.2 Å². The molecule has 0 aliphatic carbocycles. The third kappa shape index (κ3) is 35.0. The van der Waals surface area contributed by atoms with Gasteiger partial charge in [-0.15, -0.1) is 0 Å². The number of hydrogen-bond donors (Lipinski definition) is 0. The maximum atomic E-state index is 10.2. The van der Waals surface area contributed by atoms with E-state index in [1.165, 1.54) is 28.1 Å². The predicted molar refractivity (Wildman–Crippen MR) is 87.1 cm³/mol. The number of carbonyl (C=O) groups is 4. The molecule has 0 amide bonds. The Morgan fingerprint density at radius 2 is 1.00 bits per heavy atom. The van der Waals surface area contributed by atoms with E-state index in [2.05, 4.69) is 9.47 Å². The smallest absolute Gasteiger partial charge is 0.313 e. The average molecular weight is 398 g/mol. The SMILES string of the molecule is CC(C)[O][Ti][O]C(C)C.COC(=O)CC(C)=O.COC(=O)CC(C)=O. The minimum absolute atomic E-state index is 0.115. The Bertz CT molecular complexity index is 358. The van der Waals surface area contributed by atoms with Gasteiger partial charge in [0.25, 0.3) is 0 Å². The quantitative estimate of drug-likeness (QED) is 0.347. The molecule has 8 nitrogen and oxygen atoms in total. The first-order valence-corrected chi connectivity index (χ1v) is 8.92. The molecule has 0 aliphatic heterocycles. The van der Waals surface area contributed by atoms with Crippen LogP contribution in [0.25, 0.3) is 0 Å². The van der Waals surface area contributed by atoms with Gasteiger partial charge in [-0.05, 0) is 13.8 Å². The standard InChI is InChI=1S/2C5H8O3.2C3H7O.Ti/c2*1-4(6)3-5(7)8-2;2*1-3(2)4;/h2*3H2,1-2H3;2*3H,1-2H3;/q;;2*-1;+2. The van der Waals surface area contributed by atoms with Gasteiger partial charge < -0.3 is 9.47 Å². The van der Waals surface area contributed by atoms with Crippen LogP contribution < -0.4 is 0 Å². The van der Waals surface area contributed by atoms with Crippen molar-refractivity contribution in [2.45, 2.75) is 66.6 Å². The van der Waals surface area contributed by atoms with Crippen molar-refractivity contribution < 1.29 is 55.2 Å². The van der Waals surface area contributed by atoms with Crippen LogP contribution in [-0.2, 0) is 55.2 Å². The molecule has 0 spiro atoms. The van der Waals surface area contributed by atoms with Gasteiger partial charge in [-0.1, -0.05) is 0 Å². The van der Waals surface area contributed by atoms with Gasteiger partial charge in [-0.2, -0.15) is 0 Å². The Morgan fingerprint density at radius 3 is 1.12 bits per heavy atom. The van der Waals surface area contributed by atoms with Gasteiger partial charge in [-0.25, -0.2) is 0 Å². The van der Waals surface area contributed by atoms with E-state index in [-0.39, 0.29) is 24.4 Å². The summed E-state index contributed by atoms with van der Waals surface area (Å²) in [6.45, 7) is 10.8. The van der Waals surface area contributed by atoms with Crippen molar-refractivity contribution in [2.75, 3.05) is 14.2 Å². The molecule has 0 aromatic heterocycles. The van der Waals surface area contributed by atoms with Gasteiger partial charge in [-0.3, -0.25) is 19.2 Å². The minimum atomic E-state index is -0.574. The number of ether oxygens (including phenoxy) is 2. The van der Waals surface area contributed by atoms with E-state index in [4.69, 9.17) is 6.64 Å². The Kier molecular flexibility index (Phi) is 22.1. The monoisotopic (exact) mass is 398 g/mol. The van der Waals surface area contributed by atoms with Gasteiger partial charge in [0.15, 0.2) is 0 Å². The molecule has 9 heteroatoms. The molecule has 0 saturated carbocycles. The van der Waals surface area contributed by atoms with E-state index < -0.39 is 31.9 Å². The van der Waals surface area contributed by atoms with Crippen molar-refractivity contribution in [3.8, 4) is 0 Å². The molecular formula is C16H30O8Ti. The number of ketones is 2. The fraction of sp³-hybridized carbons (Fsp3) is 0.750. The van der Waals surface area contributed by atoms with Crippen molar-refractivity contribution >= 4 is 23.5 Å². The molecule has 0 radical (unpaired) electrons. The summed E-state index contributed by atoms with van der Waals surface area (Å²) in [4.78, 5) is 40.6. The molecule has 0 atom stereocenters. The minimum Gasteiger partial charge on any atom is -0.469 e. The predicted octanol–water partition coefficient (Wildman–Crippen LogP) is 2.03. The molecule has 0 bridgehead atoms. The Balaban J connectivity index is -0.000000291. The summed E-state index contributed by atoms with van der Waals surface area (Å²) >= 11 is -0.574. The summed E-state index contributed by atoms with van der Waals surface area (Å²) in [5, 5.41) is 0. The molecule has 0 saturated heterocycles. The fourth-order valence-corrected chi connectivity index (χ4v) is 1.46. The molecule has 0 aromatic rings. The number of Topliss-reactive ketones (excluding diaryl/α,β-unsaturated/α-hetero) is 2. The second kappa shape index (κ2) is 19.2. The van der Waals surface area contributed by atoms with E-state index in [0.717, 1.165) is 0 Å². The van der Waals surface area contributed by atoms with E-state index in [1.807, 2.05) is 27.7 Å². The zero-order valence-corrected chi connectivity index (χ0v) is 17.9. The van der Waals surface area contributed by atoms with Crippen LogP contribution in [0, 0.1) is 0 Å². The number of rotatable bonds is 8. The largest absolute Gasteiger partial charge is 0.469 e. The first-order valence-electron chi connectivity index (χ1n) is 7.64. The molecular weight excluding hydrogens is 368 g/mol. The third-order valence-corrected chi connectivity index (χ3v) is 3.58. The first kappa shape index (κ1) is 28.7. The zero-order valence-electron chi connectivity index (χ0n) is 16.3. The molecule has 0 fully saturated rings. The van der Waals surface area contributed by atoms with Gasteiger partial charge >= 0.3 is 78.4 Å². The van der Waals surface area contributed by atoms with E-state index in [1.54, 1.807) is 0 Å². The van der Waals surface area contributed by atoms with Gasteiger partial charge in [0.05, 0.1) is 14.2 Å². The molecule has 0 N–H and O–H groups in total. The molecule has 0 aliphatic rings. The first-order chi connectivity index (χ1) is 11.5. The summed E-state index contributed by atoms with van der Waals surface area (Å²) in [6.07, 6.45) is 0.417. The van der Waals surface area contributed by atoms with Gasteiger partial charge in [0.2, 0.25) is 0 Å². The van der Waals surface area contributed by atoms with Crippen molar-refractivity contribution in [3.05, 3.63) is 0 Å². The van der Waals surface area contributed by atoms with Crippen LogP contribution in [0.3, 0.4) is 0 Å². The second-order valence-corrected chi connectivity index (χ2v) is 6.32. The van der Waals surface area contributed by atoms with Crippen LogP contribution in [0.5, 0.6) is 0 Å². The fourth-order valence-electron chi connectivity index (χ4n) is 0.771. The number of carbonyl (C=O) groups excluding carboxylic acids is 4. The van der Waals surface area contributed by atoms with Crippen LogP contribution in [0.2, 0.25) is 0 Å². The Hall–Kier alpha value is -1.09. The number of esters is 2. The topological polar surface area (TPSA) is 105 Å². The summed E-state index contributed by atoms with van der Waals surface area (Å²) < 4.78 is 18.9. The maximum Gasteiger partial charge on any atom is 0.313 e. The van der Waals surface area contributed by atoms with Crippen LogP contribution >= 0.6 is 0 Å². The maximum absolute atomic E-state index is 10.2. The van der Waals surface area contributed by atoms with Crippen LogP contribution in [0.15, 0.2) is 0 Å². The van der Waals surface area contributed by atoms with Crippen LogP contribution in [0.4, 0.5) is 0 Å². The summed E-state index contributed by atoms with van der Waals surface area (Å²) in [5.74, 6) is -1.29. The third-order valence-electron chi connectivity index (χ3n) is 1.81. The van der Waals surface area contributed by atoms with E-state index in [0.29, 0.717) is 12.2 Å². The molecule has 25 heavy (non-hydrogen) atoms. The Morgan fingerprint density at radius 1 is 0.720 bits per heavy atom. The van der Waals surface area contributed by atoms with Gasteiger partial charge in [0.1, 0.15) is 24.4 Å². The Labute approximate surface area is 159 Å². The van der Waals surface area contributed by atoms with Crippen molar-refractivity contribution in [2.24, 2.45) is 0 Å². The van der Waals surface area contributed by atoms with Crippen molar-refractivity contribution in [3.63, 3.8) is 0 Å². The molecule has 146 valence electrons. The summed E-state index contributed by atoms with van der Waals surface area (Å²) in [7, 11) is 2.51. The molecule has 0 unspecified atom stereocenters. The molecule has 0 heterocycles. The average Bonchev–Trinajstić information content (AvgIpc) is 2.46. The summed E-state index contributed by atoms with van der Waals surface area (Å²) in [5.41, 5.74) is 0. The van der Waals surface area contributed by atoms with Crippen molar-refractivity contribution in [1.82, 2.24) is 0 Å². The zero-order chi connectivity index (χ0) is 20.4. The van der Waals surface area contributed by atoms with Gasteiger partial charge in [0, 0.05) is 0 Å². The summed E-state index contributed by atoms with van der Waals surface area (Å²) in [6, 6.07) is 0. The normalized spacial score (nSPS) is 9.20. The second-order valence-electron chi connectivity index (χ2n) is 5.33. The molecule has 0 aromatic carbocycles. The van der Waals surface area contributed by atoms with E-state index >= 15 is 0 Å². The van der Waals surface area contributed by atoms with Crippen molar-refractivity contribution in [1.29, 1.82) is 0 Å². The molecule has 0 rings (SSSR count). The van der Waals surface area contributed by atoms with Crippen LogP contribution in [-0.4, -0.2) is 49.9 Å². The number of hydrogen-bond acceptors (Lipinski definition) is 8. The van der Waals surface area contributed by atoms with Crippen LogP contribution in [0.1, 0.15) is 54.4 Å². The number of methoxy groups -OCH3 is 2.